The zero-order chi connectivity index (χ0) is 21.2. The summed E-state index contributed by atoms with van der Waals surface area (Å²) in [4.78, 5) is 26.3. The number of carbonyl (C=O) groups excluding carboxylic acids is 1. The minimum atomic E-state index is -0.278. The maximum atomic E-state index is 13.2. The van der Waals surface area contributed by atoms with Gasteiger partial charge in [-0.15, -0.1) is 0 Å². The summed E-state index contributed by atoms with van der Waals surface area (Å²) in [5.74, 6) is 5.94. The van der Waals surface area contributed by atoms with Crippen LogP contribution in [-0.4, -0.2) is 5.97 Å². The molecule has 166 valence electrons. The molecular formula is C28H30O4. The fourth-order valence-corrected chi connectivity index (χ4v) is 9.85. The first-order chi connectivity index (χ1) is 15.5. The number of carbonyl (C=O) groups is 1. The Labute approximate surface area is 187 Å². The van der Waals surface area contributed by atoms with Crippen molar-refractivity contribution in [1.29, 1.82) is 0 Å². The van der Waals surface area contributed by atoms with Crippen molar-refractivity contribution in [3.05, 3.63) is 40.2 Å². The molecule has 0 radical (unpaired) electrons. The molecule has 4 nitrogen and oxygen atoms in total. The summed E-state index contributed by atoms with van der Waals surface area (Å²) < 4.78 is 12.3. The molecule has 1 heterocycles. The van der Waals surface area contributed by atoms with Gasteiger partial charge in [0, 0.05) is 11.5 Å². The lowest BCUT2D eigenvalue weighted by Crippen LogP contribution is -2.38. The second kappa shape index (κ2) is 5.87. The van der Waals surface area contributed by atoms with Crippen molar-refractivity contribution in [1.82, 2.24) is 0 Å². The minimum absolute atomic E-state index is 0.00535. The molecule has 8 aliphatic carbocycles. The fourth-order valence-electron chi connectivity index (χ4n) is 9.85. The molecule has 8 aliphatic rings. The van der Waals surface area contributed by atoms with Gasteiger partial charge in [0.05, 0.1) is 10.8 Å². The Bertz CT molecular complexity index is 1180. The molecule has 1 aromatic carbocycles. The summed E-state index contributed by atoms with van der Waals surface area (Å²) in [5, 5.41) is 0.527. The van der Waals surface area contributed by atoms with Crippen LogP contribution < -0.4 is 10.2 Å². The molecule has 0 aliphatic heterocycles. The van der Waals surface area contributed by atoms with Gasteiger partial charge < -0.3 is 9.15 Å². The van der Waals surface area contributed by atoms with Gasteiger partial charge in [-0.05, 0) is 118 Å². The smallest absolute Gasteiger partial charge is 0.317 e. The van der Waals surface area contributed by atoms with Gasteiger partial charge in [-0.1, -0.05) is 0 Å². The van der Waals surface area contributed by atoms with Crippen LogP contribution >= 0.6 is 0 Å². The summed E-state index contributed by atoms with van der Waals surface area (Å²) >= 11 is 0. The number of hydrogen-bond donors (Lipinski definition) is 0. The maximum absolute atomic E-state index is 13.2. The van der Waals surface area contributed by atoms with Crippen molar-refractivity contribution in [2.75, 3.05) is 0 Å². The molecule has 4 unspecified atom stereocenters. The van der Waals surface area contributed by atoms with Gasteiger partial charge in [0.1, 0.15) is 17.1 Å². The first-order valence-corrected chi connectivity index (χ1v) is 12.8. The summed E-state index contributed by atoms with van der Waals surface area (Å²) in [6.07, 6.45) is 11.9. The van der Waals surface area contributed by atoms with Crippen LogP contribution in [0.1, 0.15) is 70.0 Å². The van der Waals surface area contributed by atoms with Crippen LogP contribution in [0.25, 0.3) is 11.0 Å². The third kappa shape index (κ3) is 2.34. The normalized spacial score (nSPS) is 44.8. The van der Waals surface area contributed by atoms with Crippen LogP contribution in [0, 0.1) is 40.9 Å². The van der Waals surface area contributed by atoms with Gasteiger partial charge in [-0.3, -0.25) is 9.59 Å². The molecule has 1 aromatic heterocycles. The van der Waals surface area contributed by atoms with Crippen LogP contribution in [0.15, 0.2) is 33.5 Å². The van der Waals surface area contributed by atoms with Gasteiger partial charge in [0.2, 0.25) is 0 Å². The molecule has 0 spiro atoms. The number of rotatable bonds is 3. The highest BCUT2D eigenvalue weighted by Crippen LogP contribution is 2.65. The van der Waals surface area contributed by atoms with E-state index in [9.17, 15) is 9.59 Å². The predicted molar refractivity (Wildman–Crippen MR) is 119 cm³/mol. The van der Waals surface area contributed by atoms with Gasteiger partial charge >= 0.3 is 5.97 Å². The van der Waals surface area contributed by atoms with Gasteiger partial charge in [-0.25, -0.2) is 0 Å². The second-order valence-corrected chi connectivity index (χ2v) is 12.5. The molecule has 32 heavy (non-hydrogen) atoms. The Hall–Kier alpha value is -2.10. The largest absolute Gasteiger partial charge is 0.460 e. The fraction of sp³-hybridized carbons (Fsp3) is 0.643. The van der Waals surface area contributed by atoms with E-state index >= 15 is 0 Å². The number of esters is 1. The van der Waals surface area contributed by atoms with E-state index in [4.69, 9.17) is 9.15 Å². The van der Waals surface area contributed by atoms with Crippen molar-refractivity contribution >= 4 is 16.9 Å². The van der Waals surface area contributed by atoms with Crippen molar-refractivity contribution < 1.29 is 13.9 Å². The second-order valence-electron chi connectivity index (χ2n) is 12.5. The van der Waals surface area contributed by atoms with Crippen LogP contribution in [0.3, 0.4) is 0 Å². The average Bonchev–Trinajstić information content (AvgIpc) is 3.39. The average molecular weight is 431 g/mol. The van der Waals surface area contributed by atoms with E-state index in [1.807, 2.05) is 12.1 Å². The van der Waals surface area contributed by atoms with Gasteiger partial charge in [0.15, 0.2) is 5.43 Å². The Morgan fingerprint density at radius 2 is 1.50 bits per heavy atom. The Morgan fingerprint density at radius 3 is 2.16 bits per heavy atom. The zero-order valence-corrected chi connectivity index (χ0v) is 18.5. The van der Waals surface area contributed by atoms with Crippen molar-refractivity contribution in [2.24, 2.45) is 40.9 Å². The summed E-state index contributed by atoms with van der Waals surface area (Å²) in [5.41, 5.74) is 0.422. The maximum Gasteiger partial charge on any atom is 0.317 e. The Morgan fingerprint density at radius 1 is 0.844 bits per heavy atom. The standard InChI is InChI=1S/C28H30O4/c29-23-8-25(27-9-15-3-17(11-27)18(4-15)12-27)32-24-2-1-21(7-22(23)24)31-26(30)28-10-16-5-19(13-28)20(6-16)14-28/h1-2,7-8,15-20H,3-6,9-14H2/t15?,16?,17-,18+,19-,20+,27?,28?. The molecule has 10 rings (SSSR count). The van der Waals surface area contributed by atoms with Crippen LogP contribution in [0.5, 0.6) is 5.75 Å². The Balaban J connectivity index is 1.10. The van der Waals surface area contributed by atoms with Crippen LogP contribution in [-0.2, 0) is 10.2 Å². The highest BCUT2D eigenvalue weighted by Gasteiger charge is 2.60. The quantitative estimate of drug-likeness (QED) is 0.470. The van der Waals surface area contributed by atoms with E-state index in [0.29, 0.717) is 22.6 Å². The lowest BCUT2D eigenvalue weighted by atomic mass is 9.68. The molecule has 0 saturated heterocycles. The van der Waals surface area contributed by atoms with E-state index in [2.05, 4.69) is 0 Å². The van der Waals surface area contributed by atoms with Crippen LogP contribution in [0.2, 0.25) is 0 Å². The van der Waals surface area contributed by atoms with E-state index in [1.165, 1.54) is 44.9 Å². The topological polar surface area (TPSA) is 56.5 Å². The summed E-state index contributed by atoms with van der Waals surface area (Å²) in [7, 11) is 0. The van der Waals surface area contributed by atoms with Crippen LogP contribution in [0.4, 0.5) is 0 Å². The molecule has 8 bridgehead atoms. The van der Waals surface area contributed by atoms with Crippen molar-refractivity contribution in [3.8, 4) is 5.75 Å². The molecular weight excluding hydrogens is 400 g/mol. The van der Waals surface area contributed by atoms with Gasteiger partial charge in [-0.2, -0.15) is 0 Å². The lowest BCUT2D eigenvalue weighted by Gasteiger charge is -2.37. The van der Waals surface area contributed by atoms with E-state index < -0.39 is 0 Å². The minimum Gasteiger partial charge on any atom is -0.460 e. The van der Waals surface area contributed by atoms with E-state index in [0.717, 1.165) is 54.6 Å². The highest BCUT2D eigenvalue weighted by atomic mass is 16.5. The highest BCUT2D eigenvalue weighted by molar-refractivity contribution is 5.83. The third-order valence-corrected chi connectivity index (χ3v) is 10.7. The first kappa shape index (κ1) is 18.3. The van der Waals surface area contributed by atoms with E-state index in [1.54, 1.807) is 12.1 Å². The summed E-state index contributed by atoms with van der Waals surface area (Å²) in [6.45, 7) is 0. The van der Waals surface area contributed by atoms with Crippen molar-refractivity contribution in [3.63, 3.8) is 0 Å². The molecule has 0 N–H and O–H groups in total. The third-order valence-electron chi connectivity index (χ3n) is 10.7. The monoisotopic (exact) mass is 430 g/mol. The molecule has 4 heteroatoms. The SMILES string of the molecule is O=C(Oc1ccc2oc(C34CC5C[C@H](C3)[C@@H](C5)C4)cc(=O)c2c1)C12CC3C[C@H](C1)[C@@H](C3)C2. The number of hydrogen-bond acceptors (Lipinski definition) is 4. The molecule has 0 amide bonds. The number of fused-ring (bicyclic) bond motifs is 1. The molecule has 8 atom stereocenters. The lowest BCUT2D eigenvalue weighted by molar-refractivity contribution is -0.148. The summed E-state index contributed by atoms with van der Waals surface area (Å²) in [6, 6.07) is 7.12. The molecule has 8 fully saturated rings. The van der Waals surface area contributed by atoms with Crippen molar-refractivity contribution in [2.45, 2.75) is 69.6 Å². The molecule has 2 aromatic rings. The predicted octanol–water partition coefficient (Wildman–Crippen LogP) is 5.60. The molecule has 8 saturated carbocycles. The van der Waals surface area contributed by atoms with E-state index in [-0.39, 0.29) is 22.2 Å². The number of ether oxygens (including phenoxy) is 1. The Kier molecular flexibility index (Phi) is 3.37. The first-order valence-electron chi connectivity index (χ1n) is 12.8. The zero-order valence-electron chi connectivity index (χ0n) is 18.5. The van der Waals surface area contributed by atoms with Gasteiger partial charge in [0.25, 0.3) is 0 Å². The number of benzene rings is 1.